The van der Waals surface area contributed by atoms with Gasteiger partial charge in [0.1, 0.15) is 0 Å². The van der Waals surface area contributed by atoms with Crippen LogP contribution in [0.3, 0.4) is 0 Å². The van der Waals surface area contributed by atoms with Gasteiger partial charge in [0.25, 0.3) is 0 Å². The molecule has 21 heavy (non-hydrogen) atoms. The predicted octanol–water partition coefficient (Wildman–Crippen LogP) is 2.36. The highest BCUT2D eigenvalue weighted by atomic mass is 35.5. The number of aryl methyl sites for hydroxylation is 4. The zero-order valence-electron chi connectivity index (χ0n) is 13.3. The van der Waals surface area contributed by atoms with Crippen LogP contribution < -0.4 is 0 Å². The van der Waals surface area contributed by atoms with Gasteiger partial charge in [0.05, 0.1) is 28.2 Å². The molecular weight excluding hydrogens is 288 g/mol. The van der Waals surface area contributed by atoms with Gasteiger partial charge < -0.3 is 5.11 Å². The molecule has 0 amide bonds. The molecule has 116 valence electrons. The molecule has 0 saturated carbocycles. The lowest BCUT2D eigenvalue weighted by atomic mass is 10.0. The molecule has 2 rings (SSSR count). The first-order valence-electron chi connectivity index (χ1n) is 7.24. The highest BCUT2D eigenvalue weighted by molar-refractivity contribution is 6.31. The van der Waals surface area contributed by atoms with E-state index in [1.165, 1.54) is 0 Å². The molecule has 0 spiro atoms. The van der Waals surface area contributed by atoms with Crippen molar-refractivity contribution < 1.29 is 5.11 Å². The Balaban J connectivity index is 2.17. The van der Waals surface area contributed by atoms with Gasteiger partial charge in [0, 0.05) is 32.1 Å². The highest BCUT2D eigenvalue weighted by Gasteiger charge is 2.19. The Morgan fingerprint density at radius 1 is 1.14 bits per heavy atom. The summed E-state index contributed by atoms with van der Waals surface area (Å²) in [6, 6.07) is 0. The van der Waals surface area contributed by atoms with Crippen LogP contribution in [0.4, 0.5) is 0 Å². The van der Waals surface area contributed by atoms with Crippen molar-refractivity contribution in [2.75, 3.05) is 0 Å². The van der Waals surface area contributed by atoms with E-state index in [4.69, 9.17) is 11.6 Å². The molecule has 1 N–H and O–H groups in total. The van der Waals surface area contributed by atoms with Crippen LogP contribution in [0, 0.1) is 20.8 Å². The average Bonchev–Trinajstić information content (AvgIpc) is 2.83. The lowest BCUT2D eigenvalue weighted by molar-refractivity contribution is 0.172. The molecule has 0 aliphatic carbocycles. The molecule has 2 heterocycles. The average molecular weight is 311 g/mol. The van der Waals surface area contributed by atoms with Crippen molar-refractivity contribution in [3.8, 4) is 0 Å². The molecule has 1 atom stereocenters. The number of aliphatic hydroxyl groups is 1. The van der Waals surface area contributed by atoms with Crippen LogP contribution in [0.5, 0.6) is 0 Å². The number of aromatic nitrogens is 4. The molecule has 1 unspecified atom stereocenters. The summed E-state index contributed by atoms with van der Waals surface area (Å²) in [5, 5.41) is 19.9. The zero-order valence-corrected chi connectivity index (χ0v) is 14.1. The van der Waals surface area contributed by atoms with Crippen LogP contribution >= 0.6 is 11.6 Å². The van der Waals surface area contributed by atoms with Crippen LogP contribution in [0.1, 0.15) is 35.3 Å². The summed E-state index contributed by atoms with van der Waals surface area (Å²) in [5.74, 6) is 0. The van der Waals surface area contributed by atoms with Crippen molar-refractivity contribution in [1.29, 1.82) is 0 Å². The molecule has 2 aromatic rings. The molecule has 0 radical (unpaired) electrons. The van der Waals surface area contributed by atoms with Crippen LogP contribution in [-0.2, 0) is 26.4 Å². The topological polar surface area (TPSA) is 55.9 Å². The van der Waals surface area contributed by atoms with Crippen LogP contribution in [-0.4, -0.2) is 30.8 Å². The summed E-state index contributed by atoms with van der Waals surface area (Å²) in [6.07, 6.45) is 0.586. The maximum Gasteiger partial charge on any atom is 0.0848 e. The molecule has 5 nitrogen and oxygen atoms in total. The Bertz CT molecular complexity index is 645. The minimum atomic E-state index is -0.495. The van der Waals surface area contributed by atoms with Crippen molar-refractivity contribution in [1.82, 2.24) is 19.6 Å². The second-order valence-corrected chi connectivity index (χ2v) is 5.87. The van der Waals surface area contributed by atoms with Crippen molar-refractivity contribution in [2.24, 2.45) is 7.05 Å². The van der Waals surface area contributed by atoms with Gasteiger partial charge in [0.2, 0.25) is 0 Å². The van der Waals surface area contributed by atoms with Gasteiger partial charge in [-0.15, -0.1) is 0 Å². The third kappa shape index (κ3) is 3.14. The standard InChI is InChI=1S/C15H23ClN4O/c1-6-20-14(15(16)10(3)18-20)8-12(21)7-13-9(2)17-19(5)11(13)4/h12,21H,6-8H2,1-5H3. The fourth-order valence-corrected chi connectivity index (χ4v) is 2.92. The van der Waals surface area contributed by atoms with E-state index >= 15 is 0 Å². The van der Waals surface area contributed by atoms with E-state index in [1.54, 1.807) is 0 Å². The van der Waals surface area contributed by atoms with Gasteiger partial charge in [-0.1, -0.05) is 11.6 Å². The first-order valence-corrected chi connectivity index (χ1v) is 7.61. The van der Waals surface area contributed by atoms with Crippen LogP contribution in [0.25, 0.3) is 0 Å². The number of hydrogen-bond donors (Lipinski definition) is 1. The summed E-state index contributed by atoms with van der Waals surface area (Å²) in [7, 11) is 1.92. The smallest absolute Gasteiger partial charge is 0.0848 e. The molecular formula is C15H23ClN4O. The molecule has 0 aliphatic rings. The van der Waals surface area contributed by atoms with Crippen molar-refractivity contribution >= 4 is 11.6 Å². The van der Waals surface area contributed by atoms with Crippen molar-refractivity contribution in [2.45, 2.75) is 53.2 Å². The van der Waals surface area contributed by atoms with Gasteiger partial charge in [-0.2, -0.15) is 10.2 Å². The molecule has 2 aromatic heterocycles. The fourth-order valence-electron chi connectivity index (χ4n) is 2.71. The molecule has 0 aromatic carbocycles. The first kappa shape index (κ1) is 16.0. The highest BCUT2D eigenvalue weighted by Crippen LogP contribution is 2.23. The largest absolute Gasteiger partial charge is 0.392 e. The normalized spacial score (nSPS) is 12.9. The van der Waals surface area contributed by atoms with Gasteiger partial charge in [-0.25, -0.2) is 0 Å². The summed E-state index contributed by atoms with van der Waals surface area (Å²) < 4.78 is 3.72. The third-order valence-corrected chi connectivity index (χ3v) is 4.47. The van der Waals surface area contributed by atoms with Crippen molar-refractivity contribution in [3.05, 3.63) is 33.4 Å². The Morgan fingerprint density at radius 2 is 1.81 bits per heavy atom. The van der Waals surface area contributed by atoms with E-state index in [1.807, 2.05) is 44.1 Å². The Kier molecular flexibility index (Phi) is 4.74. The monoisotopic (exact) mass is 310 g/mol. The maximum atomic E-state index is 10.4. The van der Waals surface area contributed by atoms with Crippen LogP contribution in [0.2, 0.25) is 5.02 Å². The second kappa shape index (κ2) is 6.20. The summed E-state index contributed by atoms with van der Waals surface area (Å²) in [6.45, 7) is 8.66. The molecule has 0 fully saturated rings. The number of nitrogens with zero attached hydrogens (tertiary/aromatic N) is 4. The first-order chi connectivity index (χ1) is 9.85. The van der Waals surface area contributed by atoms with E-state index in [-0.39, 0.29) is 0 Å². The maximum absolute atomic E-state index is 10.4. The Labute approximate surface area is 130 Å². The van der Waals surface area contributed by atoms with Gasteiger partial charge in [0.15, 0.2) is 0 Å². The predicted molar refractivity (Wildman–Crippen MR) is 83.7 cm³/mol. The van der Waals surface area contributed by atoms with Crippen LogP contribution in [0.15, 0.2) is 0 Å². The van der Waals surface area contributed by atoms with E-state index in [0.29, 0.717) is 17.9 Å². The van der Waals surface area contributed by atoms with Gasteiger partial charge in [-0.3, -0.25) is 9.36 Å². The SMILES string of the molecule is CCn1nc(C)c(Cl)c1CC(O)Cc1c(C)nn(C)c1C. The molecule has 6 heteroatoms. The van der Waals surface area contributed by atoms with Gasteiger partial charge >= 0.3 is 0 Å². The lowest BCUT2D eigenvalue weighted by Crippen LogP contribution is -2.18. The summed E-state index contributed by atoms with van der Waals surface area (Å²) >= 11 is 6.30. The van der Waals surface area contributed by atoms with E-state index in [2.05, 4.69) is 10.2 Å². The fraction of sp³-hybridized carbons (Fsp3) is 0.600. The van der Waals surface area contributed by atoms with Gasteiger partial charge in [-0.05, 0) is 33.3 Å². The van der Waals surface area contributed by atoms with E-state index in [0.717, 1.165) is 34.9 Å². The number of halogens is 1. The minimum Gasteiger partial charge on any atom is -0.392 e. The molecule has 0 aliphatic heterocycles. The minimum absolute atomic E-state index is 0.495. The number of rotatable bonds is 5. The summed E-state index contributed by atoms with van der Waals surface area (Å²) in [4.78, 5) is 0. The quantitative estimate of drug-likeness (QED) is 0.922. The number of aliphatic hydroxyl groups excluding tert-OH is 1. The summed E-state index contributed by atoms with van der Waals surface area (Å²) in [5.41, 5.74) is 4.90. The lowest BCUT2D eigenvalue weighted by Gasteiger charge is -2.12. The third-order valence-electron chi connectivity index (χ3n) is 3.98. The molecule has 0 saturated heterocycles. The van der Waals surface area contributed by atoms with Crippen molar-refractivity contribution in [3.63, 3.8) is 0 Å². The Hall–Kier alpha value is -1.33. The molecule has 0 bridgehead atoms. The zero-order chi connectivity index (χ0) is 15.7. The van der Waals surface area contributed by atoms with E-state index in [9.17, 15) is 5.11 Å². The second-order valence-electron chi connectivity index (χ2n) is 5.50. The number of hydrogen-bond acceptors (Lipinski definition) is 3. The Morgan fingerprint density at radius 3 is 2.33 bits per heavy atom. The van der Waals surface area contributed by atoms with E-state index < -0.39 is 6.10 Å².